The highest BCUT2D eigenvalue weighted by Gasteiger charge is 2.27. The Labute approximate surface area is 100 Å². The number of hydrogen-bond acceptors (Lipinski definition) is 3. The molecule has 1 aliphatic heterocycles. The second kappa shape index (κ2) is 4.20. The summed E-state index contributed by atoms with van der Waals surface area (Å²) in [5.74, 6) is -0.359. The molecule has 1 aliphatic rings. The van der Waals surface area contributed by atoms with E-state index in [9.17, 15) is 9.59 Å². The second-order valence-electron chi connectivity index (χ2n) is 4.33. The summed E-state index contributed by atoms with van der Waals surface area (Å²) in [6, 6.07) is 5.24. The third-order valence-electron chi connectivity index (χ3n) is 3.25. The molecule has 0 aliphatic carbocycles. The molecule has 1 heterocycles. The molecule has 0 saturated carbocycles. The van der Waals surface area contributed by atoms with Crippen LogP contribution in [0.25, 0.3) is 0 Å². The molecule has 4 nitrogen and oxygen atoms in total. The normalized spacial score (nSPS) is 18.9. The number of likely N-dealkylation sites (N-methyl/N-ethyl adjacent to an activating group) is 1. The first-order valence-corrected chi connectivity index (χ1v) is 5.53. The van der Waals surface area contributed by atoms with E-state index in [1.807, 2.05) is 6.92 Å². The summed E-state index contributed by atoms with van der Waals surface area (Å²) in [5.41, 5.74) is 2.09. The first-order valence-electron chi connectivity index (χ1n) is 5.53. The maximum Gasteiger partial charge on any atom is 0.337 e. The van der Waals surface area contributed by atoms with Gasteiger partial charge in [0.1, 0.15) is 0 Å². The quantitative estimate of drug-likeness (QED) is 0.690. The van der Waals surface area contributed by atoms with E-state index in [1.165, 1.54) is 7.11 Å². The molecule has 4 heteroatoms. The van der Waals surface area contributed by atoms with E-state index in [2.05, 4.69) is 4.74 Å². The lowest BCUT2D eigenvalue weighted by Gasteiger charge is -2.31. The molecule has 0 saturated heterocycles. The highest BCUT2D eigenvalue weighted by molar-refractivity contribution is 5.98. The summed E-state index contributed by atoms with van der Waals surface area (Å²) in [6.45, 7) is 1.99. The molecule has 1 amide bonds. The van der Waals surface area contributed by atoms with Gasteiger partial charge in [0.2, 0.25) is 0 Å². The number of rotatable bonds is 1. The third-order valence-corrected chi connectivity index (χ3v) is 3.25. The van der Waals surface area contributed by atoms with E-state index < -0.39 is 0 Å². The minimum atomic E-state index is -0.369. The van der Waals surface area contributed by atoms with Gasteiger partial charge in [-0.3, -0.25) is 4.79 Å². The smallest absolute Gasteiger partial charge is 0.337 e. The highest BCUT2D eigenvalue weighted by Crippen LogP contribution is 2.23. The number of carbonyl (C=O) groups excluding carboxylic acids is 2. The number of methoxy groups -OCH3 is 1. The van der Waals surface area contributed by atoms with E-state index in [1.54, 1.807) is 30.1 Å². The van der Waals surface area contributed by atoms with Crippen LogP contribution in [-0.4, -0.2) is 37.0 Å². The largest absolute Gasteiger partial charge is 0.465 e. The van der Waals surface area contributed by atoms with Gasteiger partial charge in [0, 0.05) is 18.7 Å². The van der Waals surface area contributed by atoms with Crippen LogP contribution in [0.3, 0.4) is 0 Å². The minimum absolute atomic E-state index is 0.00941. The van der Waals surface area contributed by atoms with Crippen LogP contribution in [0.5, 0.6) is 0 Å². The Bertz CT molecular complexity index is 482. The standard InChI is InChI=1S/C13H15NO3/c1-8-6-10-7-9(13(16)17-3)4-5-11(10)12(15)14(8)2/h4-5,7-8H,6H2,1-3H3/t8-/m1/s1. The summed E-state index contributed by atoms with van der Waals surface area (Å²) >= 11 is 0. The molecule has 0 spiro atoms. The number of fused-ring (bicyclic) bond motifs is 1. The Morgan fingerprint density at radius 3 is 2.82 bits per heavy atom. The fourth-order valence-electron chi connectivity index (χ4n) is 2.06. The molecular formula is C13H15NO3. The summed E-state index contributed by atoms with van der Waals surface area (Å²) < 4.78 is 4.67. The van der Waals surface area contributed by atoms with Crippen LogP contribution in [-0.2, 0) is 11.2 Å². The van der Waals surface area contributed by atoms with Gasteiger partial charge >= 0.3 is 5.97 Å². The van der Waals surface area contributed by atoms with Crippen molar-refractivity contribution in [3.8, 4) is 0 Å². The second-order valence-corrected chi connectivity index (χ2v) is 4.33. The maximum absolute atomic E-state index is 12.0. The van der Waals surface area contributed by atoms with Crippen LogP contribution in [0.4, 0.5) is 0 Å². The fourth-order valence-corrected chi connectivity index (χ4v) is 2.06. The zero-order valence-corrected chi connectivity index (χ0v) is 10.2. The molecule has 0 fully saturated rings. The van der Waals surface area contributed by atoms with E-state index in [-0.39, 0.29) is 17.9 Å². The molecule has 1 aromatic carbocycles. The SMILES string of the molecule is COC(=O)c1ccc2c(c1)C[C@@H](C)N(C)C2=O. The zero-order valence-electron chi connectivity index (χ0n) is 10.2. The number of hydrogen-bond donors (Lipinski definition) is 0. The van der Waals surface area contributed by atoms with Crippen molar-refractivity contribution in [2.45, 2.75) is 19.4 Å². The zero-order chi connectivity index (χ0) is 12.6. The maximum atomic E-state index is 12.0. The number of ether oxygens (including phenoxy) is 1. The van der Waals surface area contributed by atoms with Gasteiger partial charge in [0.05, 0.1) is 12.7 Å². The summed E-state index contributed by atoms with van der Waals surface area (Å²) in [6.07, 6.45) is 0.766. The average Bonchev–Trinajstić information content (AvgIpc) is 2.34. The van der Waals surface area contributed by atoms with Crippen LogP contribution >= 0.6 is 0 Å². The molecule has 0 N–H and O–H groups in total. The van der Waals surface area contributed by atoms with Crippen LogP contribution in [0.2, 0.25) is 0 Å². The molecule has 1 atom stereocenters. The highest BCUT2D eigenvalue weighted by atomic mass is 16.5. The van der Waals surface area contributed by atoms with Crippen LogP contribution in [0, 0.1) is 0 Å². The monoisotopic (exact) mass is 233 g/mol. The van der Waals surface area contributed by atoms with Gasteiger partial charge in [-0.2, -0.15) is 0 Å². The predicted octanol–water partition coefficient (Wildman–Crippen LogP) is 1.49. The Kier molecular flexibility index (Phi) is 2.88. The van der Waals surface area contributed by atoms with Crippen molar-refractivity contribution in [1.82, 2.24) is 4.90 Å². The van der Waals surface area contributed by atoms with Gasteiger partial charge in [-0.15, -0.1) is 0 Å². The summed E-state index contributed by atoms with van der Waals surface area (Å²) in [4.78, 5) is 25.1. The molecular weight excluding hydrogens is 218 g/mol. The number of amides is 1. The lowest BCUT2D eigenvalue weighted by atomic mass is 9.93. The number of carbonyl (C=O) groups is 2. The van der Waals surface area contributed by atoms with Gasteiger partial charge in [0.25, 0.3) is 5.91 Å². The molecule has 90 valence electrons. The van der Waals surface area contributed by atoms with Gasteiger partial charge in [0.15, 0.2) is 0 Å². The molecule has 1 aromatic rings. The fraction of sp³-hybridized carbons (Fsp3) is 0.385. The molecule has 17 heavy (non-hydrogen) atoms. The topological polar surface area (TPSA) is 46.6 Å². The van der Waals surface area contributed by atoms with Gasteiger partial charge in [-0.05, 0) is 37.1 Å². The van der Waals surface area contributed by atoms with E-state index in [4.69, 9.17) is 0 Å². The Morgan fingerprint density at radius 2 is 2.18 bits per heavy atom. The van der Waals surface area contributed by atoms with Gasteiger partial charge in [-0.1, -0.05) is 0 Å². The van der Waals surface area contributed by atoms with Crippen LogP contribution in [0.15, 0.2) is 18.2 Å². The van der Waals surface area contributed by atoms with Crippen LogP contribution in [0.1, 0.15) is 33.2 Å². The van der Waals surface area contributed by atoms with Crippen molar-refractivity contribution >= 4 is 11.9 Å². The third kappa shape index (κ3) is 1.90. The minimum Gasteiger partial charge on any atom is -0.465 e. The molecule has 0 unspecified atom stereocenters. The van der Waals surface area contributed by atoms with Gasteiger partial charge < -0.3 is 9.64 Å². The predicted molar refractivity (Wildman–Crippen MR) is 63.0 cm³/mol. The molecule has 0 radical (unpaired) electrons. The molecule has 0 bridgehead atoms. The Balaban J connectivity index is 2.44. The lowest BCUT2D eigenvalue weighted by molar-refractivity contribution is 0.0598. The van der Waals surface area contributed by atoms with E-state index in [0.717, 1.165) is 12.0 Å². The number of nitrogens with zero attached hydrogens (tertiary/aromatic N) is 1. The van der Waals surface area contributed by atoms with Gasteiger partial charge in [-0.25, -0.2) is 4.79 Å². The Morgan fingerprint density at radius 1 is 1.47 bits per heavy atom. The number of benzene rings is 1. The van der Waals surface area contributed by atoms with Crippen LogP contribution < -0.4 is 0 Å². The van der Waals surface area contributed by atoms with E-state index >= 15 is 0 Å². The summed E-state index contributed by atoms with van der Waals surface area (Å²) in [5, 5.41) is 0. The van der Waals surface area contributed by atoms with Crippen molar-refractivity contribution in [3.05, 3.63) is 34.9 Å². The summed E-state index contributed by atoms with van der Waals surface area (Å²) in [7, 11) is 3.15. The Hall–Kier alpha value is -1.84. The van der Waals surface area contributed by atoms with Crippen molar-refractivity contribution < 1.29 is 14.3 Å². The van der Waals surface area contributed by atoms with E-state index in [0.29, 0.717) is 11.1 Å². The molecule has 2 rings (SSSR count). The lowest BCUT2D eigenvalue weighted by Crippen LogP contribution is -2.41. The first-order chi connectivity index (χ1) is 8.04. The van der Waals surface area contributed by atoms with Crippen molar-refractivity contribution in [2.75, 3.05) is 14.2 Å². The van der Waals surface area contributed by atoms with Crippen molar-refractivity contribution in [1.29, 1.82) is 0 Å². The number of esters is 1. The average molecular weight is 233 g/mol. The van der Waals surface area contributed by atoms with Crippen molar-refractivity contribution in [3.63, 3.8) is 0 Å². The molecule has 0 aromatic heterocycles. The first kappa shape index (κ1) is 11.6. The van der Waals surface area contributed by atoms with Crippen molar-refractivity contribution in [2.24, 2.45) is 0 Å².